The van der Waals surface area contributed by atoms with Gasteiger partial charge in [0.25, 0.3) is 5.56 Å². The summed E-state index contributed by atoms with van der Waals surface area (Å²) in [7, 11) is 0. The fraction of sp³-hybridized carbons (Fsp3) is 0.529. The molecule has 0 saturated carbocycles. The molecule has 4 rings (SSSR count). The lowest BCUT2D eigenvalue weighted by atomic mass is 9.82. The standard InChI is InChI=1S/C17H21N5O3S/c23-14(12-8-10-2-1-4-18-13(10)21-15(12)24)19-5-6-22-9-20-16-11(17(22)25)3-7-26-16/h3,7,9-10,12-13,18H,1-2,4-6,8H2,(H,19,23)(H,21,24). The van der Waals surface area contributed by atoms with Crippen molar-refractivity contribution in [1.82, 2.24) is 25.5 Å². The fourth-order valence-electron chi connectivity index (χ4n) is 3.74. The summed E-state index contributed by atoms with van der Waals surface area (Å²) in [6.45, 7) is 1.51. The van der Waals surface area contributed by atoms with Crippen molar-refractivity contribution >= 4 is 33.4 Å². The molecular formula is C17H21N5O3S. The van der Waals surface area contributed by atoms with Crippen molar-refractivity contribution in [3.63, 3.8) is 0 Å². The number of nitrogens with one attached hydrogen (secondary N) is 3. The SMILES string of the molecule is O=C(NCCn1cnc2sccc2c1=O)C1CC2CCCNC2NC1=O. The van der Waals surface area contributed by atoms with Crippen molar-refractivity contribution in [1.29, 1.82) is 0 Å². The van der Waals surface area contributed by atoms with E-state index in [0.29, 0.717) is 29.1 Å². The van der Waals surface area contributed by atoms with Gasteiger partial charge < -0.3 is 10.6 Å². The molecule has 0 radical (unpaired) electrons. The maximum atomic E-state index is 12.4. The first kappa shape index (κ1) is 17.2. The van der Waals surface area contributed by atoms with Crippen LogP contribution in [0.2, 0.25) is 0 Å². The normalized spacial score (nSPS) is 25.5. The van der Waals surface area contributed by atoms with Gasteiger partial charge in [-0.05, 0) is 43.2 Å². The largest absolute Gasteiger partial charge is 0.354 e. The van der Waals surface area contributed by atoms with Gasteiger partial charge in [0.05, 0.1) is 17.9 Å². The second-order valence-electron chi connectivity index (χ2n) is 6.80. The minimum absolute atomic E-state index is 0.0118. The number of nitrogens with zero attached hydrogens (tertiary/aromatic N) is 2. The molecule has 0 bridgehead atoms. The Bertz CT molecular complexity index is 892. The highest BCUT2D eigenvalue weighted by Gasteiger charge is 2.39. The second kappa shape index (κ2) is 7.16. The van der Waals surface area contributed by atoms with Crippen LogP contribution in [0.5, 0.6) is 0 Å². The molecule has 2 aromatic heterocycles. The molecule has 3 atom stereocenters. The number of carbonyl (C=O) groups excluding carboxylic acids is 2. The maximum Gasteiger partial charge on any atom is 0.262 e. The number of amides is 2. The Kier molecular flexibility index (Phi) is 4.73. The molecule has 2 aliphatic rings. The van der Waals surface area contributed by atoms with Gasteiger partial charge in [-0.1, -0.05) is 0 Å². The minimum Gasteiger partial charge on any atom is -0.354 e. The number of carbonyl (C=O) groups is 2. The van der Waals surface area contributed by atoms with Crippen LogP contribution in [0, 0.1) is 11.8 Å². The first-order chi connectivity index (χ1) is 12.6. The summed E-state index contributed by atoms with van der Waals surface area (Å²) < 4.78 is 1.48. The molecule has 9 heteroatoms. The van der Waals surface area contributed by atoms with Crippen LogP contribution in [0.1, 0.15) is 19.3 Å². The third-order valence-electron chi connectivity index (χ3n) is 5.16. The molecule has 3 N–H and O–H groups in total. The Balaban J connectivity index is 1.35. The number of fused-ring (bicyclic) bond motifs is 2. The lowest BCUT2D eigenvalue weighted by Gasteiger charge is -2.39. The van der Waals surface area contributed by atoms with Crippen LogP contribution in [-0.4, -0.2) is 40.6 Å². The summed E-state index contributed by atoms with van der Waals surface area (Å²) in [5, 5.41) is 11.4. The predicted octanol–water partition coefficient (Wildman–Crippen LogP) is 0.0360. The van der Waals surface area contributed by atoms with Gasteiger partial charge in [-0.3, -0.25) is 24.3 Å². The zero-order valence-corrected chi connectivity index (χ0v) is 15.1. The smallest absolute Gasteiger partial charge is 0.262 e. The van der Waals surface area contributed by atoms with Crippen LogP contribution in [0.15, 0.2) is 22.6 Å². The Morgan fingerprint density at radius 1 is 1.42 bits per heavy atom. The van der Waals surface area contributed by atoms with Crippen molar-refractivity contribution in [3.05, 3.63) is 28.1 Å². The number of aromatic nitrogens is 2. The van der Waals surface area contributed by atoms with Crippen LogP contribution in [0.25, 0.3) is 10.2 Å². The van der Waals surface area contributed by atoms with Gasteiger partial charge in [-0.15, -0.1) is 11.3 Å². The topological polar surface area (TPSA) is 105 Å². The number of rotatable bonds is 4. The molecule has 0 aliphatic carbocycles. The van der Waals surface area contributed by atoms with E-state index >= 15 is 0 Å². The Hall–Kier alpha value is -2.26. The minimum atomic E-state index is -0.662. The van der Waals surface area contributed by atoms with Gasteiger partial charge in [-0.2, -0.15) is 0 Å². The average Bonchev–Trinajstić information content (AvgIpc) is 3.12. The summed E-state index contributed by atoms with van der Waals surface area (Å²) in [5.41, 5.74) is -0.114. The summed E-state index contributed by atoms with van der Waals surface area (Å²) in [5.74, 6) is -0.865. The van der Waals surface area contributed by atoms with Crippen molar-refractivity contribution in [2.24, 2.45) is 11.8 Å². The van der Waals surface area contributed by atoms with Crippen molar-refractivity contribution in [2.45, 2.75) is 32.0 Å². The van der Waals surface area contributed by atoms with Gasteiger partial charge in [-0.25, -0.2) is 4.98 Å². The van der Waals surface area contributed by atoms with Crippen molar-refractivity contribution in [2.75, 3.05) is 13.1 Å². The quantitative estimate of drug-likeness (QED) is 0.654. The summed E-state index contributed by atoms with van der Waals surface area (Å²) >= 11 is 1.42. The first-order valence-corrected chi connectivity index (χ1v) is 9.75. The molecule has 26 heavy (non-hydrogen) atoms. The molecule has 2 saturated heterocycles. The van der Waals surface area contributed by atoms with Crippen LogP contribution < -0.4 is 21.5 Å². The van der Waals surface area contributed by atoms with Gasteiger partial charge in [0.1, 0.15) is 10.7 Å². The zero-order valence-electron chi connectivity index (χ0n) is 14.2. The molecule has 8 nitrogen and oxygen atoms in total. The van der Waals surface area contributed by atoms with Gasteiger partial charge in [0.15, 0.2) is 0 Å². The predicted molar refractivity (Wildman–Crippen MR) is 97.7 cm³/mol. The molecule has 2 aliphatic heterocycles. The number of hydrogen-bond donors (Lipinski definition) is 3. The molecule has 2 amide bonds. The van der Waals surface area contributed by atoms with E-state index in [9.17, 15) is 14.4 Å². The molecular weight excluding hydrogens is 354 g/mol. The molecule has 138 valence electrons. The van der Waals surface area contributed by atoms with E-state index in [0.717, 1.165) is 19.4 Å². The Morgan fingerprint density at radius 3 is 3.19 bits per heavy atom. The summed E-state index contributed by atoms with van der Waals surface area (Å²) in [6, 6.07) is 1.76. The third-order valence-corrected chi connectivity index (χ3v) is 5.98. The van der Waals surface area contributed by atoms with Crippen LogP contribution in [0.3, 0.4) is 0 Å². The number of thiophene rings is 1. The molecule has 3 unspecified atom stereocenters. The van der Waals surface area contributed by atoms with E-state index in [1.54, 1.807) is 6.07 Å². The molecule has 0 aromatic carbocycles. The van der Waals surface area contributed by atoms with Crippen molar-refractivity contribution in [3.8, 4) is 0 Å². The highest BCUT2D eigenvalue weighted by atomic mass is 32.1. The van der Waals surface area contributed by atoms with Crippen LogP contribution in [0.4, 0.5) is 0 Å². The van der Waals surface area contributed by atoms with Gasteiger partial charge in [0.2, 0.25) is 11.8 Å². The Morgan fingerprint density at radius 2 is 2.31 bits per heavy atom. The summed E-state index contributed by atoms with van der Waals surface area (Å²) in [6.07, 6.45) is 4.13. The first-order valence-electron chi connectivity index (χ1n) is 8.87. The lowest BCUT2D eigenvalue weighted by molar-refractivity contribution is -0.139. The second-order valence-corrected chi connectivity index (χ2v) is 7.70. The molecule has 2 aromatic rings. The monoisotopic (exact) mass is 375 g/mol. The van der Waals surface area contributed by atoms with E-state index in [1.165, 1.54) is 22.2 Å². The number of piperidine rings is 2. The molecule has 4 heterocycles. The van der Waals surface area contributed by atoms with Crippen LogP contribution >= 0.6 is 11.3 Å². The van der Waals surface area contributed by atoms with E-state index in [1.807, 2.05) is 5.38 Å². The van der Waals surface area contributed by atoms with E-state index in [2.05, 4.69) is 20.9 Å². The maximum absolute atomic E-state index is 12.4. The number of hydrogen-bond acceptors (Lipinski definition) is 6. The van der Waals surface area contributed by atoms with E-state index < -0.39 is 5.92 Å². The highest BCUT2D eigenvalue weighted by Crippen LogP contribution is 2.27. The summed E-state index contributed by atoms with van der Waals surface area (Å²) in [4.78, 5) is 41.9. The molecule has 2 fully saturated rings. The van der Waals surface area contributed by atoms with Gasteiger partial charge in [0, 0.05) is 13.1 Å². The fourth-order valence-corrected chi connectivity index (χ4v) is 4.47. The average molecular weight is 375 g/mol. The highest BCUT2D eigenvalue weighted by molar-refractivity contribution is 7.16. The van der Waals surface area contributed by atoms with E-state index in [-0.39, 0.29) is 30.1 Å². The molecule has 0 spiro atoms. The zero-order chi connectivity index (χ0) is 18.1. The lowest BCUT2D eigenvalue weighted by Crippen LogP contribution is -2.60. The Labute approximate surface area is 154 Å². The van der Waals surface area contributed by atoms with Gasteiger partial charge >= 0.3 is 0 Å². The third kappa shape index (κ3) is 3.24. The van der Waals surface area contributed by atoms with Crippen molar-refractivity contribution < 1.29 is 9.59 Å². The van der Waals surface area contributed by atoms with E-state index in [4.69, 9.17) is 0 Å². The van der Waals surface area contributed by atoms with Crippen LogP contribution in [-0.2, 0) is 16.1 Å².